The van der Waals surface area contributed by atoms with Crippen molar-refractivity contribution in [1.82, 2.24) is 47.0 Å². The van der Waals surface area contributed by atoms with E-state index < -0.39 is 144 Å². The van der Waals surface area contributed by atoms with Crippen LogP contribution in [0.25, 0.3) is 0 Å². The molecule has 0 unspecified atom stereocenters. The Balaban J connectivity index is 2.01. The summed E-state index contributed by atoms with van der Waals surface area (Å²) in [5.74, 6) is -9.25. The molecule has 25 nitrogen and oxygen atoms in total. The number of hydrogen-bond acceptors (Lipinski definition) is 14. The maximum Gasteiger partial charge on any atom is 0.326 e. The highest BCUT2D eigenvalue weighted by Crippen LogP contribution is 2.20. The Morgan fingerprint density at radius 1 is 0.647 bits per heavy atom. The van der Waals surface area contributed by atoms with Crippen LogP contribution in [0.5, 0.6) is 0 Å². The Labute approximate surface area is 396 Å². The predicted octanol–water partition coefficient (Wildman–Crippen LogP) is -4.47. The van der Waals surface area contributed by atoms with Crippen LogP contribution in [0.2, 0.25) is 0 Å². The second-order valence-electron chi connectivity index (χ2n) is 18.2. The fourth-order valence-corrected chi connectivity index (χ4v) is 7.79. The maximum atomic E-state index is 13.6. The number of aliphatic carboxylic acids is 1. The summed E-state index contributed by atoms with van der Waals surface area (Å²) in [5, 5.41) is 37.7. The molecule has 0 bridgehead atoms. The number of carboxylic acid groups (broad SMARTS) is 1. The summed E-state index contributed by atoms with van der Waals surface area (Å²) in [6, 6.07) is -10.8. The number of likely N-dealkylation sites (tertiary alicyclic amines) is 2. The number of primary amides is 1. The zero-order valence-electron chi connectivity index (χ0n) is 40.1. The Morgan fingerprint density at radius 2 is 1.21 bits per heavy atom. The minimum absolute atomic E-state index is 0.106. The number of carbonyl (C=O) groups excluding carboxylic acids is 10. The van der Waals surface area contributed by atoms with Crippen LogP contribution >= 0.6 is 0 Å². The van der Waals surface area contributed by atoms with Gasteiger partial charge in [-0.1, -0.05) is 27.7 Å². The normalized spacial score (nSPS) is 19.3. The fraction of sp³-hybridized carbons (Fsp3) is 0.744. The van der Waals surface area contributed by atoms with E-state index in [4.69, 9.17) is 17.2 Å². The van der Waals surface area contributed by atoms with Gasteiger partial charge in [0.05, 0.1) is 25.1 Å². The number of nitrogens with zero attached hydrogens (tertiary/aromatic N) is 2. The minimum atomic E-state index is -1.57. The Morgan fingerprint density at radius 3 is 1.75 bits per heavy atom. The van der Waals surface area contributed by atoms with Crippen LogP contribution in [0.4, 0.5) is 0 Å². The van der Waals surface area contributed by atoms with Gasteiger partial charge in [-0.3, -0.25) is 47.9 Å². The smallest absolute Gasteiger partial charge is 0.326 e. The molecule has 2 aliphatic heterocycles. The average molecular weight is 967 g/mol. The molecular weight excluding hydrogens is 893 g/mol. The fourth-order valence-electron chi connectivity index (χ4n) is 7.79. The number of aliphatic hydroxyl groups is 1. The highest BCUT2D eigenvalue weighted by atomic mass is 16.4. The molecule has 0 aromatic heterocycles. The quantitative estimate of drug-likeness (QED) is 0.0346. The number of aliphatic hydroxyl groups excluding tert-OH is 1. The molecule has 2 saturated heterocycles. The molecule has 0 radical (unpaired) electrons. The van der Waals surface area contributed by atoms with Gasteiger partial charge in [-0.05, 0) is 90.5 Å². The number of nitrogens with two attached hydrogens (primary N) is 3. The molecule has 25 heteroatoms. The van der Waals surface area contributed by atoms with E-state index in [1.165, 1.54) is 30.6 Å². The topological polar surface area (TPSA) is 397 Å². The lowest BCUT2D eigenvalue weighted by atomic mass is 10.0. The van der Waals surface area contributed by atoms with E-state index in [-0.39, 0.29) is 44.7 Å². The van der Waals surface area contributed by atoms with Gasteiger partial charge in [-0.25, -0.2) is 4.79 Å². The summed E-state index contributed by atoms with van der Waals surface area (Å²) >= 11 is 0. The van der Waals surface area contributed by atoms with Gasteiger partial charge < -0.3 is 74.4 Å². The first-order valence-electron chi connectivity index (χ1n) is 23.2. The number of rotatable bonds is 27. The lowest BCUT2D eigenvalue weighted by Gasteiger charge is -2.30. The van der Waals surface area contributed by atoms with Gasteiger partial charge >= 0.3 is 5.97 Å². The van der Waals surface area contributed by atoms with Gasteiger partial charge in [-0.2, -0.15) is 0 Å². The van der Waals surface area contributed by atoms with Gasteiger partial charge in [0.2, 0.25) is 59.1 Å². The van der Waals surface area contributed by atoms with Gasteiger partial charge in [0.15, 0.2) is 0 Å². The molecule has 10 atom stereocenters. The van der Waals surface area contributed by atoms with Crippen LogP contribution in [0.1, 0.15) is 106 Å². The monoisotopic (exact) mass is 967 g/mol. The van der Waals surface area contributed by atoms with Crippen molar-refractivity contribution in [3.05, 3.63) is 0 Å². The maximum absolute atomic E-state index is 13.6. The summed E-state index contributed by atoms with van der Waals surface area (Å²) in [6.45, 7) is 11.0. The summed E-state index contributed by atoms with van der Waals surface area (Å²) in [4.78, 5) is 145. The first-order valence-corrected chi connectivity index (χ1v) is 23.2. The molecule has 15 N–H and O–H groups in total. The third kappa shape index (κ3) is 17.9. The van der Waals surface area contributed by atoms with E-state index in [2.05, 4.69) is 37.2 Å². The molecule has 68 heavy (non-hydrogen) atoms. The highest BCUT2D eigenvalue weighted by Gasteiger charge is 2.40. The summed E-state index contributed by atoms with van der Waals surface area (Å²) in [6.07, 6.45) is 0.577. The predicted molar refractivity (Wildman–Crippen MR) is 244 cm³/mol. The third-order valence-electron chi connectivity index (χ3n) is 11.6. The summed E-state index contributed by atoms with van der Waals surface area (Å²) < 4.78 is 0. The largest absolute Gasteiger partial charge is 0.480 e. The molecular formula is C43H74N12O13. The number of carboxylic acids is 1. The van der Waals surface area contributed by atoms with Crippen LogP contribution < -0.4 is 54.4 Å². The molecule has 0 saturated carbocycles. The second kappa shape index (κ2) is 27.8. The van der Waals surface area contributed by atoms with E-state index in [0.29, 0.717) is 32.2 Å². The number of carbonyl (C=O) groups is 11. The Hall–Kier alpha value is -5.95. The zero-order chi connectivity index (χ0) is 51.6. The lowest BCUT2D eigenvalue weighted by Crippen LogP contribution is -2.60. The van der Waals surface area contributed by atoms with E-state index in [1.54, 1.807) is 27.7 Å². The van der Waals surface area contributed by atoms with Crippen molar-refractivity contribution in [3.63, 3.8) is 0 Å². The molecule has 0 spiro atoms. The number of amides is 10. The van der Waals surface area contributed by atoms with E-state index in [1.807, 2.05) is 0 Å². The first-order chi connectivity index (χ1) is 31.8. The van der Waals surface area contributed by atoms with Gasteiger partial charge in [-0.15, -0.1) is 0 Å². The van der Waals surface area contributed by atoms with Gasteiger partial charge in [0.25, 0.3) is 0 Å². The number of unbranched alkanes of at least 4 members (excludes halogenated alkanes) is 1. The molecule has 2 fully saturated rings. The van der Waals surface area contributed by atoms with Crippen molar-refractivity contribution in [2.24, 2.45) is 29.0 Å². The lowest BCUT2D eigenvalue weighted by molar-refractivity contribution is -0.143. The summed E-state index contributed by atoms with van der Waals surface area (Å²) in [5.41, 5.74) is 16.3. The van der Waals surface area contributed by atoms with Crippen molar-refractivity contribution >= 4 is 65.0 Å². The second-order valence-corrected chi connectivity index (χ2v) is 18.2. The van der Waals surface area contributed by atoms with Crippen LogP contribution in [0.15, 0.2) is 0 Å². The van der Waals surface area contributed by atoms with Crippen molar-refractivity contribution < 1.29 is 63.0 Å². The average Bonchev–Trinajstić information content (AvgIpc) is 3.96. The molecule has 0 aliphatic carbocycles. The Kier molecular flexibility index (Phi) is 23.8. The van der Waals surface area contributed by atoms with Crippen LogP contribution in [-0.4, -0.2) is 172 Å². The van der Waals surface area contributed by atoms with Crippen molar-refractivity contribution in [3.8, 4) is 0 Å². The van der Waals surface area contributed by atoms with Crippen LogP contribution in [0.3, 0.4) is 0 Å². The number of hydrogen-bond donors (Lipinski definition) is 12. The molecule has 384 valence electrons. The van der Waals surface area contributed by atoms with E-state index >= 15 is 0 Å². The first kappa shape index (κ1) is 58.2. The van der Waals surface area contributed by atoms with Crippen molar-refractivity contribution in [2.45, 2.75) is 167 Å². The minimum Gasteiger partial charge on any atom is -0.480 e. The summed E-state index contributed by atoms with van der Waals surface area (Å²) in [7, 11) is 0. The third-order valence-corrected chi connectivity index (χ3v) is 11.6. The molecule has 2 aliphatic rings. The molecule has 0 aromatic rings. The SMILES string of the molecule is CC(C)C[C@H](NC(=O)[C@@H](NC(=O)[C@@H]1CCCN1C(=O)CNC(=O)[C@H](C)NC(=O)[C@@H]1CCCN1C(=O)[C@H](C)NC(=O)[C@@H](NC(=O)[C@@H](N)CC(N)=O)C(C)C)[C@@H](C)O)C(=O)N[C@@H](CCCCN)C(=O)O. The van der Waals surface area contributed by atoms with E-state index in [0.717, 1.165) is 0 Å². The number of nitrogens with one attached hydrogen (secondary N) is 7. The zero-order valence-corrected chi connectivity index (χ0v) is 40.1. The van der Waals surface area contributed by atoms with Crippen LogP contribution in [0, 0.1) is 11.8 Å². The molecule has 10 amide bonds. The highest BCUT2D eigenvalue weighted by molar-refractivity contribution is 5.98. The van der Waals surface area contributed by atoms with Gasteiger partial charge in [0, 0.05) is 13.1 Å². The van der Waals surface area contributed by atoms with Crippen molar-refractivity contribution in [2.75, 3.05) is 26.2 Å². The van der Waals surface area contributed by atoms with Crippen molar-refractivity contribution in [1.29, 1.82) is 0 Å². The van der Waals surface area contributed by atoms with E-state index in [9.17, 15) is 63.0 Å². The molecule has 0 aromatic carbocycles. The van der Waals surface area contributed by atoms with Crippen LogP contribution in [-0.2, 0) is 52.7 Å². The molecule has 2 heterocycles. The standard InChI is InChI=1S/C43H74N12O13/c1-21(2)18-28(37(61)50-27(43(67)68)12-8-9-15-44)51-41(65)34(25(7)56)53-39(63)29-13-10-16-54(29)32(58)20-47-35(59)23(5)48-38(62)30-14-11-17-55(30)42(66)24(6)49-40(64)33(22(3)4)52-36(60)26(45)19-31(46)57/h21-30,33-34,56H,8-20,44-45H2,1-7H3,(H2,46,57)(H,47,59)(H,48,62)(H,49,64)(H,50,61)(H,51,65)(H,52,60)(H,53,63)(H,67,68)/t23-,24-,25+,26-,27-,28-,29-,30-,33-,34-/m0/s1. The van der Waals surface area contributed by atoms with Gasteiger partial charge in [0.1, 0.15) is 48.3 Å². The Bertz CT molecular complexity index is 1830. The molecule has 2 rings (SSSR count).